The maximum atomic E-state index is 13.1. The Bertz CT molecular complexity index is 310. The second kappa shape index (κ2) is 5.37. The molecule has 0 aromatic heterocycles. The van der Waals surface area contributed by atoms with Crippen molar-refractivity contribution in [2.75, 3.05) is 7.11 Å². The van der Waals surface area contributed by atoms with Gasteiger partial charge in [-0.1, -0.05) is 18.2 Å². The highest BCUT2D eigenvalue weighted by Crippen LogP contribution is 2.10. The molecule has 0 amide bonds. The van der Waals surface area contributed by atoms with Crippen LogP contribution in [0.1, 0.15) is 18.4 Å². The van der Waals surface area contributed by atoms with E-state index in [0.29, 0.717) is 24.8 Å². The van der Waals surface area contributed by atoms with E-state index in [1.165, 1.54) is 13.2 Å². The number of rotatable bonds is 4. The van der Waals surface area contributed by atoms with Crippen molar-refractivity contribution in [2.45, 2.75) is 19.3 Å². The summed E-state index contributed by atoms with van der Waals surface area (Å²) in [5, 5.41) is 0. The van der Waals surface area contributed by atoms with E-state index in [1.54, 1.807) is 18.2 Å². The molecule has 0 aliphatic rings. The standard InChI is InChI=1S/C11H13FO2/c1-14-11(13)8-4-6-9-5-2-3-7-10(9)12/h2-3,5,7H,4,6,8H2,1H3. The second-order valence-corrected chi connectivity index (χ2v) is 3.02. The molecule has 0 saturated carbocycles. The number of methoxy groups -OCH3 is 1. The molecule has 0 fully saturated rings. The minimum absolute atomic E-state index is 0.211. The van der Waals surface area contributed by atoms with E-state index in [2.05, 4.69) is 4.74 Å². The zero-order chi connectivity index (χ0) is 10.4. The Hall–Kier alpha value is -1.38. The van der Waals surface area contributed by atoms with Crippen molar-refractivity contribution in [3.05, 3.63) is 35.6 Å². The molecule has 0 saturated heterocycles. The van der Waals surface area contributed by atoms with Gasteiger partial charge in [0.2, 0.25) is 0 Å². The smallest absolute Gasteiger partial charge is 0.305 e. The largest absolute Gasteiger partial charge is 0.469 e. The van der Waals surface area contributed by atoms with Gasteiger partial charge in [-0.2, -0.15) is 0 Å². The minimum atomic E-state index is -0.249. The van der Waals surface area contributed by atoms with Gasteiger partial charge in [0, 0.05) is 6.42 Å². The first-order valence-corrected chi connectivity index (χ1v) is 4.54. The number of hydrogen-bond acceptors (Lipinski definition) is 2. The summed E-state index contributed by atoms with van der Waals surface area (Å²) in [6.45, 7) is 0. The van der Waals surface area contributed by atoms with Crippen molar-refractivity contribution in [1.29, 1.82) is 0 Å². The molecule has 14 heavy (non-hydrogen) atoms. The van der Waals surface area contributed by atoms with Crippen molar-refractivity contribution in [1.82, 2.24) is 0 Å². The fourth-order valence-electron chi connectivity index (χ4n) is 1.23. The summed E-state index contributed by atoms with van der Waals surface area (Å²) in [6, 6.07) is 6.59. The maximum Gasteiger partial charge on any atom is 0.305 e. The third-order valence-electron chi connectivity index (χ3n) is 2.01. The van der Waals surface area contributed by atoms with Crippen molar-refractivity contribution >= 4 is 5.97 Å². The molecule has 2 nitrogen and oxygen atoms in total. The Labute approximate surface area is 82.7 Å². The first-order chi connectivity index (χ1) is 6.74. The Kier molecular flexibility index (Phi) is 4.11. The van der Waals surface area contributed by atoms with Gasteiger partial charge in [0.15, 0.2) is 0 Å². The summed E-state index contributed by atoms with van der Waals surface area (Å²) in [5.74, 6) is -0.460. The average molecular weight is 196 g/mol. The van der Waals surface area contributed by atoms with Crippen LogP contribution in [0.4, 0.5) is 4.39 Å². The molecule has 0 bridgehead atoms. The van der Waals surface area contributed by atoms with Gasteiger partial charge in [-0.3, -0.25) is 4.79 Å². The van der Waals surface area contributed by atoms with E-state index in [-0.39, 0.29) is 11.8 Å². The molecule has 1 aromatic rings. The highest BCUT2D eigenvalue weighted by Gasteiger charge is 2.03. The first-order valence-electron chi connectivity index (χ1n) is 4.54. The van der Waals surface area contributed by atoms with Crippen LogP contribution in [-0.2, 0) is 16.0 Å². The van der Waals surface area contributed by atoms with Crippen LogP contribution in [0.15, 0.2) is 24.3 Å². The second-order valence-electron chi connectivity index (χ2n) is 3.02. The zero-order valence-electron chi connectivity index (χ0n) is 8.13. The number of esters is 1. The van der Waals surface area contributed by atoms with Crippen LogP contribution < -0.4 is 0 Å². The third kappa shape index (κ3) is 3.17. The summed E-state index contributed by atoms with van der Waals surface area (Å²) in [5.41, 5.74) is 0.649. The quantitative estimate of drug-likeness (QED) is 0.691. The zero-order valence-corrected chi connectivity index (χ0v) is 8.13. The number of carbonyl (C=O) groups is 1. The fourth-order valence-corrected chi connectivity index (χ4v) is 1.23. The van der Waals surface area contributed by atoms with Gasteiger partial charge < -0.3 is 4.74 Å². The van der Waals surface area contributed by atoms with Crippen LogP contribution in [0, 0.1) is 5.82 Å². The highest BCUT2D eigenvalue weighted by molar-refractivity contribution is 5.69. The summed E-state index contributed by atoms with van der Waals surface area (Å²) < 4.78 is 17.6. The molecule has 0 atom stereocenters. The number of ether oxygens (including phenoxy) is 1. The van der Waals surface area contributed by atoms with Crippen LogP contribution in [0.2, 0.25) is 0 Å². The Morgan fingerprint density at radius 3 is 2.79 bits per heavy atom. The van der Waals surface area contributed by atoms with E-state index in [0.717, 1.165) is 0 Å². The van der Waals surface area contributed by atoms with E-state index < -0.39 is 0 Å². The van der Waals surface area contributed by atoms with Crippen LogP contribution in [0.5, 0.6) is 0 Å². The molecule has 3 heteroatoms. The number of carbonyl (C=O) groups excluding carboxylic acids is 1. The molecule has 0 aliphatic carbocycles. The topological polar surface area (TPSA) is 26.3 Å². The van der Waals surface area contributed by atoms with Crippen LogP contribution in [0.25, 0.3) is 0 Å². The SMILES string of the molecule is COC(=O)CCCc1ccccc1F. The third-order valence-corrected chi connectivity index (χ3v) is 2.01. The molecular weight excluding hydrogens is 183 g/mol. The van der Waals surface area contributed by atoms with Crippen LogP contribution >= 0.6 is 0 Å². The number of aryl methyl sites for hydroxylation is 1. The van der Waals surface area contributed by atoms with Crippen molar-refractivity contribution in [3.63, 3.8) is 0 Å². The van der Waals surface area contributed by atoms with E-state index in [4.69, 9.17) is 0 Å². The molecule has 0 aliphatic heterocycles. The minimum Gasteiger partial charge on any atom is -0.469 e. The number of halogens is 1. The number of benzene rings is 1. The molecule has 0 heterocycles. The van der Waals surface area contributed by atoms with E-state index in [1.807, 2.05) is 0 Å². The van der Waals surface area contributed by atoms with Crippen molar-refractivity contribution in [2.24, 2.45) is 0 Å². The van der Waals surface area contributed by atoms with Crippen LogP contribution in [-0.4, -0.2) is 13.1 Å². The fraction of sp³-hybridized carbons (Fsp3) is 0.364. The molecule has 0 N–H and O–H groups in total. The highest BCUT2D eigenvalue weighted by atomic mass is 19.1. The summed E-state index contributed by atoms with van der Waals surface area (Å²) in [6.07, 6.45) is 1.53. The normalized spacial score (nSPS) is 9.86. The van der Waals surface area contributed by atoms with Gasteiger partial charge in [0.1, 0.15) is 5.82 Å². The summed E-state index contributed by atoms with van der Waals surface area (Å²) in [4.78, 5) is 10.8. The van der Waals surface area contributed by atoms with Gasteiger partial charge in [0.05, 0.1) is 7.11 Å². The van der Waals surface area contributed by atoms with Gasteiger partial charge in [-0.25, -0.2) is 4.39 Å². The predicted octanol–water partition coefficient (Wildman–Crippen LogP) is 2.32. The lowest BCUT2D eigenvalue weighted by Crippen LogP contribution is -2.01. The Morgan fingerprint density at radius 2 is 2.14 bits per heavy atom. The lowest BCUT2D eigenvalue weighted by Gasteiger charge is -2.01. The molecule has 0 spiro atoms. The Morgan fingerprint density at radius 1 is 1.43 bits per heavy atom. The average Bonchev–Trinajstić information content (AvgIpc) is 2.20. The number of hydrogen-bond donors (Lipinski definition) is 0. The van der Waals surface area contributed by atoms with Gasteiger partial charge >= 0.3 is 5.97 Å². The maximum absolute atomic E-state index is 13.1. The van der Waals surface area contributed by atoms with E-state index in [9.17, 15) is 9.18 Å². The predicted molar refractivity (Wildman–Crippen MR) is 51.4 cm³/mol. The molecule has 76 valence electrons. The first kappa shape index (κ1) is 10.7. The van der Waals surface area contributed by atoms with Crippen LogP contribution in [0.3, 0.4) is 0 Å². The van der Waals surface area contributed by atoms with Gasteiger partial charge in [-0.05, 0) is 24.5 Å². The van der Waals surface area contributed by atoms with Gasteiger partial charge in [0.25, 0.3) is 0 Å². The lowest BCUT2D eigenvalue weighted by atomic mass is 10.1. The molecule has 0 unspecified atom stereocenters. The molecule has 1 aromatic carbocycles. The van der Waals surface area contributed by atoms with Crippen molar-refractivity contribution in [3.8, 4) is 0 Å². The van der Waals surface area contributed by atoms with Crippen molar-refractivity contribution < 1.29 is 13.9 Å². The Balaban J connectivity index is 2.39. The molecular formula is C11H13FO2. The lowest BCUT2D eigenvalue weighted by molar-refractivity contribution is -0.140. The molecule has 1 rings (SSSR count). The summed E-state index contributed by atoms with van der Waals surface area (Å²) in [7, 11) is 1.35. The molecule has 0 radical (unpaired) electrons. The summed E-state index contributed by atoms with van der Waals surface area (Å²) >= 11 is 0. The monoisotopic (exact) mass is 196 g/mol. The van der Waals surface area contributed by atoms with E-state index >= 15 is 0 Å². The van der Waals surface area contributed by atoms with Gasteiger partial charge in [-0.15, -0.1) is 0 Å².